The minimum absolute atomic E-state index is 0.0116. The molecule has 0 aliphatic carbocycles. The molecule has 0 radical (unpaired) electrons. The molecular formula is C15H17NO7S. The Bertz CT molecular complexity index is 774. The van der Waals surface area contributed by atoms with E-state index < -0.39 is 22.3 Å². The summed E-state index contributed by atoms with van der Waals surface area (Å²) in [6.45, 7) is 0.361. The molecule has 0 unspecified atom stereocenters. The van der Waals surface area contributed by atoms with Gasteiger partial charge in [-0.2, -0.15) is 8.42 Å². The summed E-state index contributed by atoms with van der Waals surface area (Å²) >= 11 is 0. The lowest BCUT2D eigenvalue weighted by molar-refractivity contribution is 0.0983. The zero-order chi connectivity index (χ0) is 17.3. The van der Waals surface area contributed by atoms with Crippen molar-refractivity contribution in [1.29, 1.82) is 0 Å². The van der Waals surface area contributed by atoms with Crippen molar-refractivity contribution in [3.63, 3.8) is 0 Å². The second-order valence-electron chi connectivity index (χ2n) is 5.66. The van der Waals surface area contributed by atoms with Gasteiger partial charge in [-0.15, -0.1) is 0 Å². The number of rotatable bonds is 4. The molecular weight excluding hydrogens is 338 g/mol. The summed E-state index contributed by atoms with van der Waals surface area (Å²) in [6, 6.07) is 4.90. The third kappa shape index (κ3) is 3.68. The molecule has 8 nitrogen and oxygen atoms in total. The van der Waals surface area contributed by atoms with Crippen LogP contribution >= 0.6 is 0 Å². The average Bonchev–Trinajstić information content (AvgIpc) is 2.79. The van der Waals surface area contributed by atoms with Crippen molar-refractivity contribution in [2.24, 2.45) is 0 Å². The Balaban J connectivity index is 1.76. The largest absolute Gasteiger partial charge is 0.493 e. The highest BCUT2D eigenvalue weighted by Gasteiger charge is 2.34. The van der Waals surface area contributed by atoms with Crippen molar-refractivity contribution < 1.29 is 31.7 Å². The fourth-order valence-electron chi connectivity index (χ4n) is 2.60. The Kier molecular flexibility index (Phi) is 4.46. The van der Waals surface area contributed by atoms with Crippen LogP contribution in [0.25, 0.3) is 0 Å². The molecule has 0 aromatic heterocycles. The molecule has 1 atom stereocenters. The predicted octanol–water partition coefficient (Wildman–Crippen LogP) is 1.34. The molecule has 1 amide bonds. The Morgan fingerprint density at radius 2 is 2.12 bits per heavy atom. The number of fused-ring (bicyclic) bond motifs is 1. The lowest BCUT2D eigenvalue weighted by Gasteiger charge is -2.15. The van der Waals surface area contributed by atoms with Crippen molar-refractivity contribution in [1.82, 2.24) is 0 Å². The molecule has 1 aromatic carbocycles. The molecule has 3 rings (SSSR count). The van der Waals surface area contributed by atoms with Gasteiger partial charge in [0.15, 0.2) is 5.78 Å². The number of benzene rings is 1. The van der Waals surface area contributed by atoms with Crippen molar-refractivity contribution in [3.05, 3.63) is 23.8 Å². The van der Waals surface area contributed by atoms with Gasteiger partial charge in [0.05, 0.1) is 30.7 Å². The van der Waals surface area contributed by atoms with E-state index >= 15 is 0 Å². The summed E-state index contributed by atoms with van der Waals surface area (Å²) in [5.41, 5.74) is 1.02. The first kappa shape index (κ1) is 16.7. The summed E-state index contributed by atoms with van der Waals surface area (Å²) in [5, 5.41) is 0. The number of anilines is 1. The summed E-state index contributed by atoms with van der Waals surface area (Å²) < 4.78 is 37.4. The zero-order valence-corrected chi connectivity index (χ0v) is 13.9. The number of nitrogens with zero attached hydrogens (tertiary/aromatic N) is 1. The first-order chi connectivity index (χ1) is 11.3. The van der Waals surface area contributed by atoms with Gasteiger partial charge in [0.1, 0.15) is 18.5 Å². The van der Waals surface area contributed by atoms with Crippen molar-refractivity contribution in [2.75, 3.05) is 30.9 Å². The first-order valence-electron chi connectivity index (χ1n) is 7.46. The molecule has 2 heterocycles. The number of amides is 1. The molecule has 2 aliphatic heterocycles. The van der Waals surface area contributed by atoms with Crippen molar-refractivity contribution in [2.45, 2.75) is 18.9 Å². The molecule has 24 heavy (non-hydrogen) atoms. The molecule has 0 bridgehead atoms. The number of ketones is 1. The van der Waals surface area contributed by atoms with Gasteiger partial charge in [-0.3, -0.25) is 13.9 Å². The van der Waals surface area contributed by atoms with E-state index in [0.29, 0.717) is 36.4 Å². The van der Waals surface area contributed by atoms with Crippen LogP contribution < -0.4 is 9.64 Å². The minimum atomic E-state index is -3.60. The van der Waals surface area contributed by atoms with Gasteiger partial charge >= 0.3 is 6.09 Å². The summed E-state index contributed by atoms with van der Waals surface area (Å²) in [5.74, 6) is 0.455. The van der Waals surface area contributed by atoms with Crippen LogP contribution in [0.1, 0.15) is 23.2 Å². The van der Waals surface area contributed by atoms with E-state index in [-0.39, 0.29) is 18.9 Å². The topological polar surface area (TPSA) is 99.2 Å². The van der Waals surface area contributed by atoms with Crippen molar-refractivity contribution in [3.8, 4) is 5.75 Å². The molecule has 0 saturated carbocycles. The SMILES string of the molecule is CS(=O)(=O)OC[C@H]1CN(c2ccc3c(c2)OCCCC3=O)C(=O)O1. The first-order valence-corrected chi connectivity index (χ1v) is 9.28. The average molecular weight is 355 g/mol. The molecule has 1 fully saturated rings. The Morgan fingerprint density at radius 1 is 1.33 bits per heavy atom. The zero-order valence-electron chi connectivity index (χ0n) is 13.1. The number of carbonyl (C=O) groups is 2. The van der Waals surface area contributed by atoms with E-state index in [1.807, 2.05) is 0 Å². The van der Waals surface area contributed by atoms with Gasteiger partial charge < -0.3 is 9.47 Å². The minimum Gasteiger partial charge on any atom is -0.493 e. The molecule has 9 heteroatoms. The number of ether oxygens (including phenoxy) is 2. The summed E-state index contributed by atoms with van der Waals surface area (Å²) in [6.07, 6.45) is 0.732. The quantitative estimate of drug-likeness (QED) is 0.752. The molecule has 1 aromatic rings. The predicted molar refractivity (Wildman–Crippen MR) is 83.9 cm³/mol. The third-order valence-corrected chi connectivity index (χ3v) is 4.29. The maximum absolute atomic E-state index is 12.0. The van der Waals surface area contributed by atoms with E-state index in [2.05, 4.69) is 4.18 Å². The van der Waals surface area contributed by atoms with Gasteiger partial charge in [0.2, 0.25) is 0 Å². The Labute approximate surface area is 139 Å². The van der Waals surface area contributed by atoms with Crippen LogP contribution in [0.5, 0.6) is 5.75 Å². The summed E-state index contributed by atoms with van der Waals surface area (Å²) in [7, 11) is -3.60. The molecule has 130 valence electrons. The number of hydrogen-bond acceptors (Lipinski definition) is 7. The number of hydrogen-bond donors (Lipinski definition) is 0. The van der Waals surface area contributed by atoms with Gasteiger partial charge in [-0.1, -0.05) is 0 Å². The van der Waals surface area contributed by atoms with E-state index in [9.17, 15) is 18.0 Å². The highest BCUT2D eigenvalue weighted by molar-refractivity contribution is 7.85. The standard InChI is InChI=1S/C15H17NO7S/c1-24(19,20)22-9-11-8-16(15(18)23-11)10-4-5-12-13(17)3-2-6-21-14(12)7-10/h4-5,7,11H,2-3,6,8-9H2,1H3/t11-/m1/s1. The smallest absolute Gasteiger partial charge is 0.414 e. The maximum Gasteiger partial charge on any atom is 0.414 e. The maximum atomic E-state index is 12.0. The second kappa shape index (κ2) is 6.40. The molecule has 2 aliphatic rings. The van der Waals surface area contributed by atoms with Gasteiger partial charge in [0.25, 0.3) is 10.1 Å². The van der Waals surface area contributed by atoms with Crippen LogP contribution in [0, 0.1) is 0 Å². The normalized spacial score (nSPS) is 21.0. The molecule has 1 saturated heterocycles. The van der Waals surface area contributed by atoms with Crippen LogP contribution in [0.2, 0.25) is 0 Å². The summed E-state index contributed by atoms with van der Waals surface area (Å²) in [4.78, 5) is 25.3. The molecule has 0 N–H and O–H groups in total. The number of cyclic esters (lactones) is 1. The third-order valence-electron chi connectivity index (χ3n) is 3.73. The van der Waals surface area contributed by atoms with Gasteiger partial charge in [0, 0.05) is 12.5 Å². The van der Waals surface area contributed by atoms with E-state index in [1.54, 1.807) is 18.2 Å². The molecule has 0 spiro atoms. The highest BCUT2D eigenvalue weighted by atomic mass is 32.2. The van der Waals surface area contributed by atoms with Crippen LogP contribution in [-0.2, 0) is 19.0 Å². The van der Waals surface area contributed by atoms with Gasteiger partial charge in [-0.05, 0) is 18.6 Å². The van der Waals surface area contributed by atoms with Crippen LogP contribution in [0.15, 0.2) is 18.2 Å². The fourth-order valence-corrected chi connectivity index (χ4v) is 3.00. The van der Waals surface area contributed by atoms with Crippen LogP contribution in [0.3, 0.4) is 0 Å². The van der Waals surface area contributed by atoms with E-state index in [0.717, 1.165) is 6.26 Å². The monoisotopic (exact) mass is 355 g/mol. The Morgan fingerprint density at radius 3 is 2.88 bits per heavy atom. The Hall–Kier alpha value is -2.13. The van der Waals surface area contributed by atoms with E-state index in [4.69, 9.17) is 9.47 Å². The fraction of sp³-hybridized carbons (Fsp3) is 0.467. The van der Waals surface area contributed by atoms with E-state index in [1.165, 1.54) is 4.90 Å². The van der Waals surface area contributed by atoms with Gasteiger partial charge in [-0.25, -0.2) is 4.79 Å². The lowest BCUT2D eigenvalue weighted by atomic mass is 10.1. The van der Waals surface area contributed by atoms with Crippen LogP contribution in [-0.4, -0.2) is 52.4 Å². The van der Waals surface area contributed by atoms with Crippen LogP contribution in [0.4, 0.5) is 10.5 Å². The number of Topliss-reactive ketones (excluding diaryl/α,β-unsaturated/α-hetero) is 1. The van der Waals surface area contributed by atoms with Crippen molar-refractivity contribution >= 4 is 27.7 Å². The highest BCUT2D eigenvalue weighted by Crippen LogP contribution is 2.31. The lowest BCUT2D eigenvalue weighted by Crippen LogP contribution is -2.26. The number of carbonyl (C=O) groups excluding carboxylic acids is 2. The second-order valence-corrected chi connectivity index (χ2v) is 7.30.